The van der Waals surface area contributed by atoms with Crippen molar-refractivity contribution >= 4 is 17.7 Å². The lowest BCUT2D eigenvalue weighted by molar-refractivity contribution is -0.142. The third-order valence-electron chi connectivity index (χ3n) is 2.14. The molecule has 0 bridgehead atoms. The summed E-state index contributed by atoms with van der Waals surface area (Å²) in [4.78, 5) is 10.9. The summed E-state index contributed by atoms with van der Waals surface area (Å²) in [5.74, 6) is 1.75. The van der Waals surface area contributed by atoms with Crippen molar-refractivity contribution < 1.29 is 14.6 Å². The third-order valence-corrected chi connectivity index (χ3v) is 3.07. The van der Waals surface area contributed by atoms with Gasteiger partial charge in [0.25, 0.3) is 0 Å². The monoisotopic (exact) mass is 220 g/mol. The predicted octanol–water partition coefficient (Wildman–Crippen LogP) is 1.69. The molecule has 1 N–H and O–H groups in total. The molecule has 0 aromatic rings. The molecular weight excluding hydrogens is 200 g/mol. The maximum Gasteiger partial charge on any atom is 0.305 e. The summed E-state index contributed by atoms with van der Waals surface area (Å²) >= 11 is 1.80. The first kappa shape index (κ1) is 13.8. The van der Waals surface area contributed by atoms with Gasteiger partial charge >= 0.3 is 5.97 Å². The van der Waals surface area contributed by atoms with Crippen LogP contribution >= 0.6 is 11.8 Å². The second kappa shape index (κ2) is 8.12. The van der Waals surface area contributed by atoms with Crippen molar-refractivity contribution in [3.8, 4) is 0 Å². The Morgan fingerprint density at radius 2 is 2.21 bits per heavy atom. The summed E-state index contributed by atoms with van der Waals surface area (Å²) in [5, 5.41) is 9.67. The van der Waals surface area contributed by atoms with Gasteiger partial charge in [-0.1, -0.05) is 13.8 Å². The van der Waals surface area contributed by atoms with E-state index in [1.54, 1.807) is 11.8 Å². The molecule has 0 spiro atoms. The Morgan fingerprint density at radius 3 is 2.71 bits per heavy atom. The largest absolute Gasteiger partial charge is 0.469 e. The number of ether oxygens (including phenoxy) is 1. The lowest BCUT2D eigenvalue weighted by Gasteiger charge is -2.17. The number of rotatable bonds is 7. The predicted molar refractivity (Wildman–Crippen MR) is 59.4 cm³/mol. The first-order valence-electron chi connectivity index (χ1n) is 4.94. The van der Waals surface area contributed by atoms with E-state index in [-0.39, 0.29) is 11.9 Å². The van der Waals surface area contributed by atoms with Gasteiger partial charge in [-0.25, -0.2) is 0 Å². The fraction of sp³-hybridized carbons (Fsp3) is 0.900. The van der Waals surface area contributed by atoms with E-state index in [1.807, 2.05) is 6.92 Å². The van der Waals surface area contributed by atoms with E-state index in [4.69, 9.17) is 0 Å². The molecule has 0 aliphatic heterocycles. The summed E-state index contributed by atoms with van der Waals surface area (Å²) in [6.07, 6.45) is 0.652. The molecule has 0 rings (SSSR count). The first-order valence-corrected chi connectivity index (χ1v) is 6.09. The molecule has 84 valence electrons. The number of carbonyl (C=O) groups excluding carboxylic acids is 1. The summed E-state index contributed by atoms with van der Waals surface area (Å²) in [7, 11) is 1.37. The molecule has 0 saturated heterocycles. The van der Waals surface area contributed by atoms with Crippen LogP contribution in [0.4, 0.5) is 0 Å². The Bertz CT molecular complexity index is 161. The number of esters is 1. The average Bonchev–Trinajstić information content (AvgIpc) is 2.17. The number of methoxy groups -OCH3 is 1. The highest BCUT2D eigenvalue weighted by Gasteiger charge is 2.17. The number of thioether (sulfide) groups is 1. The lowest BCUT2D eigenvalue weighted by Crippen LogP contribution is -2.21. The highest BCUT2D eigenvalue weighted by molar-refractivity contribution is 7.99. The molecule has 0 aromatic heterocycles. The van der Waals surface area contributed by atoms with Gasteiger partial charge in [-0.15, -0.1) is 0 Å². The van der Waals surface area contributed by atoms with E-state index < -0.39 is 6.10 Å². The van der Waals surface area contributed by atoms with Gasteiger partial charge in [-0.3, -0.25) is 4.79 Å². The fourth-order valence-electron chi connectivity index (χ4n) is 1.12. The van der Waals surface area contributed by atoms with Gasteiger partial charge in [0.05, 0.1) is 19.6 Å². The number of aliphatic hydroxyl groups excluding tert-OH is 1. The molecule has 0 amide bonds. The summed E-state index contributed by atoms with van der Waals surface area (Å²) in [5.41, 5.74) is 0. The quantitative estimate of drug-likeness (QED) is 0.524. The highest BCUT2D eigenvalue weighted by Crippen LogP contribution is 2.14. The Labute approximate surface area is 90.2 Å². The minimum Gasteiger partial charge on any atom is -0.469 e. The number of hydrogen-bond acceptors (Lipinski definition) is 4. The van der Waals surface area contributed by atoms with Gasteiger partial charge in [0.15, 0.2) is 0 Å². The third kappa shape index (κ3) is 6.27. The van der Waals surface area contributed by atoms with Crippen molar-refractivity contribution in [2.24, 2.45) is 5.92 Å². The topological polar surface area (TPSA) is 46.5 Å². The van der Waals surface area contributed by atoms with E-state index >= 15 is 0 Å². The van der Waals surface area contributed by atoms with Crippen molar-refractivity contribution in [2.45, 2.75) is 32.8 Å². The van der Waals surface area contributed by atoms with Gasteiger partial charge in [0, 0.05) is 0 Å². The molecule has 0 heterocycles. The normalized spacial score (nSPS) is 14.9. The second-order valence-electron chi connectivity index (χ2n) is 3.31. The molecule has 14 heavy (non-hydrogen) atoms. The molecular formula is C10H20O3S. The molecule has 0 aliphatic carbocycles. The molecule has 4 heteroatoms. The Hall–Kier alpha value is -0.220. The molecule has 0 saturated carbocycles. The van der Waals surface area contributed by atoms with Crippen LogP contribution in [0.2, 0.25) is 0 Å². The van der Waals surface area contributed by atoms with Crippen molar-refractivity contribution in [3.05, 3.63) is 0 Å². The van der Waals surface area contributed by atoms with E-state index in [0.29, 0.717) is 6.42 Å². The molecule has 2 atom stereocenters. The SMILES string of the molecule is CCSCCC(O)C(C)CC(=O)OC. The van der Waals surface area contributed by atoms with E-state index in [1.165, 1.54) is 7.11 Å². The van der Waals surface area contributed by atoms with E-state index in [9.17, 15) is 9.90 Å². The zero-order chi connectivity index (χ0) is 11.0. The Balaban J connectivity index is 3.64. The van der Waals surface area contributed by atoms with Crippen LogP contribution in [0.1, 0.15) is 26.7 Å². The zero-order valence-corrected chi connectivity index (χ0v) is 9.97. The van der Waals surface area contributed by atoms with Gasteiger partial charge in [-0.05, 0) is 23.8 Å². The molecule has 3 nitrogen and oxygen atoms in total. The minimum absolute atomic E-state index is 0.0140. The van der Waals surface area contributed by atoms with Gasteiger partial charge in [-0.2, -0.15) is 11.8 Å². The van der Waals surface area contributed by atoms with Crippen LogP contribution in [0.3, 0.4) is 0 Å². The number of carbonyl (C=O) groups is 1. The Morgan fingerprint density at radius 1 is 1.57 bits per heavy atom. The molecule has 0 fully saturated rings. The highest BCUT2D eigenvalue weighted by atomic mass is 32.2. The van der Waals surface area contributed by atoms with E-state index in [2.05, 4.69) is 11.7 Å². The first-order chi connectivity index (χ1) is 6.61. The maximum absolute atomic E-state index is 10.9. The molecule has 2 unspecified atom stereocenters. The maximum atomic E-state index is 10.9. The molecule has 0 aliphatic rings. The van der Waals surface area contributed by atoms with Gasteiger partial charge in [0.2, 0.25) is 0 Å². The van der Waals surface area contributed by atoms with Crippen LogP contribution in [0.15, 0.2) is 0 Å². The van der Waals surface area contributed by atoms with Crippen LogP contribution in [0.5, 0.6) is 0 Å². The molecule has 0 radical (unpaired) electrons. The summed E-state index contributed by atoms with van der Waals surface area (Å²) < 4.78 is 4.54. The van der Waals surface area contributed by atoms with Crippen LogP contribution in [-0.2, 0) is 9.53 Å². The molecule has 0 aromatic carbocycles. The fourth-order valence-corrected chi connectivity index (χ4v) is 1.81. The average molecular weight is 220 g/mol. The number of aliphatic hydroxyl groups is 1. The Kier molecular flexibility index (Phi) is 7.99. The second-order valence-corrected chi connectivity index (χ2v) is 4.70. The van der Waals surface area contributed by atoms with Crippen LogP contribution in [0.25, 0.3) is 0 Å². The standard InChI is InChI=1S/C10H20O3S/c1-4-14-6-5-9(11)8(2)7-10(12)13-3/h8-9,11H,4-7H2,1-3H3. The van der Waals surface area contributed by atoms with Gasteiger partial charge < -0.3 is 9.84 Å². The van der Waals surface area contributed by atoms with Crippen molar-refractivity contribution in [3.63, 3.8) is 0 Å². The lowest BCUT2D eigenvalue weighted by atomic mass is 9.99. The van der Waals surface area contributed by atoms with Crippen molar-refractivity contribution in [2.75, 3.05) is 18.6 Å². The summed E-state index contributed by atoms with van der Waals surface area (Å²) in [6, 6.07) is 0. The van der Waals surface area contributed by atoms with Crippen LogP contribution in [-0.4, -0.2) is 35.8 Å². The summed E-state index contributed by atoms with van der Waals surface area (Å²) in [6.45, 7) is 3.97. The smallest absolute Gasteiger partial charge is 0.305 e. The van der Waals surface area contributed by atoms with Crippen LogP contribution in [0, 0.1) is 5.92 Å². The zero-order valence-electron chi connectivity index (χ0n) is 9.16. The van der Waals surface area contributed by atoms with Crippen molar-refractivity contribution in [1.82, 2.24) is 0 Å². The minimum atomic E-state index is -0.395. The van der Waals surface area contributed by atoms with Crippen molar-refractivity contribution in [1.29, 1.82) is 0 Å². The van der Waals surface area contributed by atoms with Gasteiger partial charge in [0.1, 0.15) is 0 Å². The van der Waals surface area contributed by atoms with E-state index in [0.717, 1.165) is 17.9 Å². The number of hydrogen-bond donors (Lipinski definition) is 1. The van der Waals surface area contributed by atoms with Crippen LogP contribution < -0.4 is 0 Å².